The lowest BCUT2D eigenvalue weighted by atomic mass is 9.91. The molecule has 2 aliphatic rings. The number of esters is 1. The van der Waals surface area contributed by atoms with Gasteiger partial charge in [0.1, 0.15) is 11.7 Å². The molecule has 0 bridgehead atoms. The van der Waals surface area contributed by atoms with Crippen LogP contribution in [0.5, 0.6) is 5.75 Å². The number of benzene rings is 3. The van der Waals surface area contributed by atoms with Crippen LogP contribution in [0.4, 0.5) is 0 Å². The van der Waals surface area contributed by atoms with Gasteiger partial charge in [0.25, 0.3) is 0 Å². The monoisotopic (exact) mass is 364 g/mol. The van der Waals surface area contributed by atoms with Crippen LogP contribution in [0, 0.1) is 0 Å². The molecule has 0 spiro atoms. The van der Waals surface area contributed by atoms with E-state index in [4.69, 9.17) is 4.74 Å². The fourth-order valence-electron chi connectivity index (χ4n) is 3.56. The number of nitrogens with zero attached hydrogens (tertiary/aromatic N) is 2. The Bertz CT molecular complexity index is 1200. The molecule has 4 heteroatoms. The zero-order valence-corrected chi connectivity index (χ0v) is 14.9. The average Bonchev–Trinajstić information content (AvgIpc) is 3.31. The maximum Gasteiger partial charge on any atom is 0.323 e. The summed E-state index contributed by atoms with van der Waals surface area (Å²) in [4.78, 5) is 21.9. The van der Waals surface area contributed by atoms with Crippen molar-refractivity contribution in [2.45, 2.75) is 5.92 Å². The van der Waals surface area contributed by atoms with Crippen molar-refractivity contribution in [1.82, 2.24) is 0 Å². The molecule has 0 radical (unpaired) electrons. The predicted octanol–water partition coefficient (Wildman–Crippen LogP) is 3.13. The molecule has 0 saturated carbocycles. The van der Waals surface area contributed by atoms with Crippen molar-refractivity contribution in [2.24, 2.45) is 9.98 Å². The van der Waals surface area contributed by atoms with Crippen LogP contribution in [0.2, 0.25) is 0 Å². The molecule has 3 aromatic rings. The molecule has 0 fully saturated rings. The molecule has 0 aromatic heterocycles. The molecule has 2 heterocycles. The largest absolute Gasteiger partial charge is 0.426 e. The molecule has 3 aromatic carbocycles. The summed E-state index contributed by atoms with van der Waals surface area (Å²) in [5.41, 5.74) is 2.77. The van der Waals surface area contributed by atoms with Gasteiger partial charge >= 0.3 is 5.97 Å². The lowest BCUT2D eigenvalue weighted by Crippen LogP contribution is -2.25. The first-order chi connectivity index (χ1) is 13.8. The van der Waals surface area contributed by atoms with Gasteiger partial charge in [-0.2, -0.15) is 0 Å². The summed E-state index contributed by atoms with van der Waals surface area (Å²) >= 11 is 0. The highest BCUT2D eigenvalue weighted by atomic mass is 16.5. The van der Waals surface area contributed by atoms with Gasteiger partial charge in [-0.3, -0.25) is 4.79 Å². The SMILES string of the molecule is O=C(Oc1ccc2c(c1)=C1C=CN=C1N=2)C(c1ccccc1)c1ccccc1. The van der Waals surface area contributed by atoms with Crippen molar-refractivity contribution in [3.8, 4) is 5.75 Å². The fraction of sp³-hybridized carbons (Fsp3) is 0.0417. The van der Waals surface area contributed by atoms with Gasteiger partial charge in [-0.25, -0.2) is 9.98 Å². The second-order valence-electron chi connectivity index (χ2n) is 6.65. The van der Waals surface area contributed by atoms with E-state index in [9.17, 15) is 4.79 Å². The third-order valence-electron chi connectivity index (χ3n) is 4.88. The molecule has 0 aliphatic carbocycles. The van der Waals surface area contributed by atoms with E-state index in [2.05, 4.69) is 9.98 Å². The Kier molecular flexibility index (Phi) is 3.95. The van der Waals surface area contributed by atoms with Crippen molar-refractivity contribution in [3.63, 3.8) is 0 Å². The number of ether oxygens (including phenoxy) is 1. The highest BCUT2D eigenvalue weighted by molar-refractivity contribution is 6.24. The molecule has 5 rings (SSSR count). The fourth-order valence-corrected chi connectivity index (χ4v) is 3.56. The normalized spacial score (nSPS) is 13.8. The van der Waals surface area contributed by atoms with Gasteiger partial charge in [-0.1, -0.05) is 60.7 Å². The first-order valence-electron chi connectivity index (χ1n) is 9.09. The summed E-state index contributed by atoms with van der Waals surface area (Å²) in [6.45, 7) is 0. The van der Waals surface area contributed by atoms with Crippen molar-refractivity contribution in [3.05, 3.63) is 113 Å². The Morgan fingerprint density at radius 2 is 1.54 bits per heavy atom. The zero-order valence-electron chi connectivity index (χ0n) is 14.9. The molecule has 0 saturated heterocycles. The van der Waals surface area contributed by atoms with Gasteiger partial charge in [-0.15, -0.1) is 0 Å². The van der Waals surface area contributed by atoms with Gasteiger partial charge in [0.2, 0.25) is 0 Å². The Hall–Kier alpha value is -3.79. The number of aliphatic imine (C=N–C) groups is 1. The highest BCUT2D eigenvalue weighted by Crippen LogP contribution is 2.26. The molecule has 2 aliphatic heterocycles. The summed E-state index contributed by atoms with van der Waals surface area (Å²) in [7, 11) is 0. The van der Waals surface area contributed by atoms with Crippen molar-refractivity contribution in [2.75, 3.05) is 0 Å². The van der Waals surface area contributed by atoms with Crippen molar-refractivity contribution in [1.29, 1.82) is 0 Å². The second-order valence-corrected chi connectivity index (χ2v) is 6.65. The van der Waals surface area contributed by atoms with Crippen LogP contribution in [0.25, 0.3) is 5.57 Å². The molecule has 0 atom stereocenters. The summed E-state index contributed by atoms with van der Waals surface area (Å²) in [5.74, 6) is 0.416. The lowest BCUT2D eigenvalue weighted by molar-refractivity contribution is -0.135. The molecular formula is C24H16N2O2. The zero-order chi connectivity index (χ0) is 18.9. The van der Waals surface area contributed by atoms with E-state index >= 15 is 0 Å². The third kappa shape index (κ3) is 2.85. The summed E-state index contributed by atoms with van der Waals surface area (Å²) in [5, 5.41) is 1.79. The number of rotatable bonds is 4. The van der Waals surface area contributed by atoms with Gasteiger partial charge < -0.3 is 4.74 Å². The van der Waals surface area contributed by atoms with Gasteiger partial charge in [0, 0.05) is 17.0 Å². The van der Waals surface area contributed by atoms with E-state index in [1.807, 2.05) is 78.9 Å². The first-order valence-corrected chi connectivity index (χ1v) is 9.09. The minimum Gasteiger partial charge on any atom is -0.426 e. The maximum atomic E-state index is 13.2. The van der Waals surface area contributed by atoms with E-state index < -0.39 is 5.92 Å². The topological polar surface area (TPSA) is 51.0 Å². The molecule has 4 nitrogen and oxygen atoms in total. The van der Waals surface area contributed by atoms with Gasteiger partial charge in [0.15, 0.2) is 5.84 Å². The summed E-state index contributed by atoms with van der Waals surface area (Å²) in [6.07, 6.45) is 3.66. The molecule has 0 N–H and O–H groups in total. The lowest BCUT2D eigenvalue weighted by Gasteiger charge is -2.17. The van der Waals surface area contributed by atoms with E-state index in [1.54, 1.807) is 12.3 Å². The highest BCUT2D eigenvalue weighted by Gasteiger charge is 2.25. The van der Waals surface area contributed by atoms with E-state index in [1.165, 1.54) is 0 Å². The minimum atomic E-state index is -0.489. The van der Waals surface area contributed by atoms with Crippen LogP contribution in [0.3, 0.4) is 0 Å². The third-order valence-corrected chi connectivity index (χ3v) is 4.88. The summed E-state index contributed by atoms with van der Waals surface area (Å²) < 4.78 is 5.80. The van der Waals surface area contributed by atoms with Crippen LogP contribution < -0.4 is 15.3 Å². The molecular weight excluding hydrogens is 348 g/mol. The Morgan fingerprint density at radius 1 is 0.857 bits per heavy atom. The van der Waals surface area contributed by atoms with Crippen molar-refractivity contribution >= 4 is 17.4 Å². The number of carbonyl (C=O) groups excluding carboxylic acids is 1. The van der Waals surface area contributed by atoms with Crippen LogP contribution in [-0.2, 0) is 4.79 Å². The van der Waals surface area contributed by atoms with Crippen LogP contribution in [-0.4, -0.2) is 11.8 Å². The molecule has 134 valence electrons. The molecule has 0 unspecified atom stereocenters. The number of amidine groups is 1. The average molecular weight is 364 g/mol. The number of carbonyl (C=O) groups is 1. The number of hydrogen-bond acceptors (Lipinski definition) is 4. The Labute approximate surface area is 161 Å². The summed E-state index contributed by atoms with van der Waals surface area (Å²) in [6, 6.07) is 24.9. The van der Waals surface area contributed by atoms with Gasteiger partial charge in [0.05, 0.1) is 5.36 Å². The quantitative estimate of drug-likeness (QED) is 0.528. The van der Waals surface area contributed by atoms with Crippen LogP contribution >= 0.6 is 0 Å². The van der Waals surface area contributed by atoms with Gasteiger partial charge in [-0.05, 0) is 35.4 Å². The first kappa shape index (κ1) is 16.4. The van der Waals surface area contributed by atoms with Crippen LogP contribution in [0.15, 0.2) is 101 Å². The van der Waals surface area contributed by atoms with Crippen molar-refractivity contribution < 1.29 is 9.53 Å². The number of fused-ring (bicyclic) bond motifs is 2. The smallest absolute Gasteiger partial charge is 0.323 e. The standard InChI is InChI=1S/C24H16N2O2/c27-24(22(16-7-3-1-4-8-16)17-9-5-2-6-10-17)28-18-11-12-21-20(15-18)19-13-14-25-23(19)26-21/h1-15,22H. The van der Waals surface area contributed by atoms with E-state index in [0.29, 0.717) is 11.6 Å². The number of hydrogen-bond donors (Lipinski definition) is 0. The second kappa shape index (κ2) is 6.74. The Morgan fingerprint density at radius 3 is 2.21 bits per heavy atom. The Balaban J connectivity index is 1.51. The van der Waals surface area contributed by atoms with Crippen LogP contribution in [0.1, 0.15) is 17.0 Å². The predicted molar refractivity (Wildman–Crippen MR) is 108 cm³/mol. The van der Waals surface area contributed by atoms with E-state index in [0.717, 1.165) is 27.3 Å². The molecule has 0 amide bonds. The van der Waals surface area contributed by atoms with E-state index in [-0.39, 0.29) is 5.97 Å². The molecule has 28 heavy (non-hydrogen) atoms. The minimum absolute atomic E-state index is 0.312. The maximum absolute atomic E-state index is 13.2.